The molecule has 10 heteroatoms. The second-order valence-corrected chi connectivity index (χ2v) is 11.0. The van der Waals surface area contributed by atoms with Crippen LogP contribution < -0.4 is 14.4 Å². The molecule has 2 aromatic carbocycles. The maximum absolute atomic E-state index is 12.9. The number of aromatic nitrogens is 1. The Morgan fingerprint density at radius 2 is 1.75 bits per heavy atom. The number of hydrogen-bond donors (Lipinski definition) is 0. The maximum atomic E-state index is 12.9. The van der Waals surface area contributed by atoms with Gasteiger partial charge in [0.05, 0.1) is 24.8 Å². The minimum absolute atomic E-state index is 0.318. The molecule has 0 aliphatic carbocycles. The van der Waals surface area contributed by atoms with E-state index >= 15 is 0 Å². The molecule has 1 saturated heterocycles. The first-order valence-corrected chi connectivity index (χ1v) is 13.2. The van der Waals surface area contributed by atoms with Crippen molar-refractivity contribution in [2.45, 2.75) is 11.3 Å². The second-order valence-electron chi connectivity index (χ2n) is 7.32. The van der Waals surface area contributed by atoms with Crippen molar-refractivity contribution in [3.8, 4) is 11.5 Å². The lowest BCUT2D eigenvalue weighted by molar-refractivity contribution is 0.384. The lowest BCUT2D eigenvalue weighted by Gasteiger charge is -2.33. The Kier molecular flexibility index (Phi) is 7.04. The zero-order chi connectivity index (χ0) is 22.7. The van der Waals surface area contributed by atoms with E-state index in [2.05, 4.69) is 20.8 Å². The topological polar surface area (TPSA) is 72.0 Å². The van der Waals surface area contributed by atoms with Crippen molar-refractivity contribution in [1.82, 2.24) is 9.29 Å². The highest BCUT2D eigenvalue weighted by molar-refractivity contribution is 9.10. The van der Waals surface area contributed by atoms with E-state index in [9.17, 15) is 8.42 Å². The summed E-state index contributed by atoms with van der Waals surface area (Å²) < 4.78 is 39.0. The van der Waals surface area contributed by atoms with Gasteiger partial charge in [-0.05, 0) is 42.5 Å². The third-order valence-corrected chi connectivity index (χ3v) is 8.75. The standard InChI is InChI=1S/C22H24BrN3O4S2/c1-29-19-5-8-21(30-2)16(14-19)13-18-15-31-22(24-18)25-9-11-26(12-10-25)32(27,28)20-6-3-17(23)4-7-20/h3-8,14-15H,9-13H2,1-2H3. The van der Waals surface area contributed by atoms with Crippen molar-refractivity contribution in [1.29, 1.82) is 0 Å². The SMILES string of the molecule is COc1ccc(OC)c(Cc2csc(N3CCN(S(=O)(=O)c4ccc(Br)cc4)CC3)n2)c1. The van der Waals surface area contributed by atoms with Gasteiger partial charge in [0.1, 0.15) is 11.5 Å². The van der Waals surface area contributed by atoms with Gasteiger partial charge in [0.25, 0.3) is 0 Å². The van der Waals surface area contributed by atoms with E-state index in [1.807, 2.05) is 23.6 Å². The molecule has 0 saturated carbocycles. The summed E-state index contributed by atoms with van der Waals surface area (Å²) in [5, 5.41) is 2.95. The van der Waals surface area contributed by atoms with Crippen LogP contribution in [0.3, 0.4) is 0 Å². The van der Waals surface area contributed by atoms with Crippen LogP contribution in [0.15, 0.2) is 57.2 Å². The fourth-order valence-electron chi connectivity index (χ4n) is 3.61. The number of thiazole rings is 1. The van der Waals surface area contributed by atoms with Crippen LogP contribution in [0, 0.1) is 0 Å². The van der Waals surface area contributed by atoms with Gasteiger partial charge in [0.15, 0.2) is 5.13 Å². The number of methoxy groups -OCH3 is 2. The number of sulfonamides is 1. The minimum Gasteiger partial charge on any atom is -0.497 e. The summed E-state index contributed by atoms with van der Waals surface area (Å²) >= 11 is 4.92. The van der Waals surface area contributed by atoms with Crippen molar-refractivity contribution in [2.24, 2.45) is 0 Å². The van der Waals surface area contributed by atoms with Crippen LogP contribution in [-0.4, -0.2) is 58.1 Å². The fraction of sp³-hybridized carbons (Fsp3) is 0.318. The van der Waals surface area contributed by atoms with Gasteiger partial charge in [-0.1, -0.05) is 15.9 Å². The molecule has 0 spiro atoms. The van der Waals surface area contributed by atoms with Crippen LogP contribution in [0.5, 0.6) is 11.5 Å². The molecule has 1 aliphatic rings. The van der Waals surface area contributed by atoms with Crippen LogP contribution in [-0.2, 0) is 16.4 Å². The Balaban J connectivity index is 1.42. The molecule has 0 atom stereocenters. The van der Waals surface area contributed by atoms with Gasteiger partial charge in [-0.2, -0.15) is 4.31 Å². The Hall–Kier alpha value is -2.14. The number of hydrogen-bond acceptors (Lipinski definition) is 7. The van der Waals surface area contributed by atoms with Crippen molar-refractivity contribution >= 4 is 42.4 Å². The van der Waals surface area contributed by atoms with E-state index in [4.69, 9.17) is 14.5 Å². The smallest absolute Gasteiger partial charge is 0.243 e. The number of nitrogens with zero attached hydrogens (tertiary/aromatic N) is 3. The summed E-state index contributed by atoms with van der Waals surface area (Å²) in [7, 11) is -0.197. The van der Waals surface area contributed by atoms with E-state index in [1.54, 1.807) is 54.1 Å². The number of piperazine rings is 1. The lowest BCUT2D eigenvalue weighted by atomic mass is 10.1. The molecule has 1 aromatic heterocycles. The second kappa shape index (κ2) is 9.78. The fourth-order valence-corrected chi connectivity index (χ4v) is 6.18. The van der Waals surface area contributed by atoms with Gasteiger partial charge in [0.2, 0.25) is 10.0 Å². The summed E-state index contributed by atoms with van der Waals surface area (Å²) in [6, 6.07) is 12.5. The van der Waals surface area contributed by atoms with E-state index < -0.39 is 10.0 Å². The Labute approximate surface area is 200 Å². The highest BCUT2D eigenvalue weighted by Crippen LogP contribution is 2.29. The molecule has 2 heterocycles. The summed E-state index contributed by atoms with van der Waals surface area (Å²) in [5.74, 6) is 1.58. The summed E-state index contributed by atoms with van der Waals surface area (Å²) in [5.41, 5.74) is 1.95. The highest BCUT2D eigenvalue weighted by atomic mass is 79.9. The highest BCUT2D eigenvalue weighted by Gasteiger charge is 2.29. The first-order chi connectivity index (χ1) is 15.4. The molecule has 170 valence electrons. The third kappa shape index (κ3) is 4.93. The Morgan fingerprint density at radius 3 is 2.41 bits per heavy atom. The average Bonchev–Trinajstić information content (AvgIpc) is 3.28. The van der Waals surface area contributed by atoms with Crippen molar-refractivity contribution in [2.75, 3.05) is 45.3 Å². The van der Waals surface area contributed by atoms with Crippen LogP contribution in [0.2, 0.25) is 0 Å². The maximum Gasteiger partial charge on any atom is 0.243 e. The number of halogens is 1. The zero-order valence-corrected chi connectivity index (χ0v) is 21.0. The molecule has 4 rings (SSSR count). The Bertz CT molecular complexity index is 1170. The number of rotatable bonds is 7. The molecule has 0 unspecified atom stereocenters. The summed E-state index contributed by atoms with van der Waals surface area (Å²) in [4.78, 5) is 7.25. The van der Waals surface area contributed by atoms with Crippen molar-refractivity contribution in [3.63, 3.8) is 0 Å². The van der Waals surface area contributed by atoms with Gasteiger partial charge < -0.3 is 14.4 Å². The summed E-state index contributed by atoms with van der Waals surface area (Å²) in [6.45, 7) is 2.06. The number of ether oxygens (including phenoxy) is 2. The first kappa shape index (κ1) is 23.0. The predicted octanol–water partition coefficient (Wildman–Crippen LogP) is 4.02. The average molecular weight is 538 g/mol. The molecule has 0 amide bonds. The summed E-state index contributed by atoms with van der Waals surface area (Å²) in [6.07, 6.45) is 0.634. The lowest BCUT2D eigenvalue weighted by Crippen LogP contribution is -2.48. The van der Waals surface area contributed by atoms with E-state index in [0.29, 0.717) is 37.5 Å². The molecule has 1 fully saturated rings. The minimum atomic E-state index is -3.49. The van der Waals surface area contributed by atoms with Crippen LogP contribution in [0.25, 0.3) is 0 Å². The molecular formula is C22H24BrN3O4S2. The molecule has 0 N–H and O–H groups in total. The van der Waals surface area contributed by atoms with E-state index in [1.165, 1.54) is 0 Å². The van der Waals surface area contributed by atoms with E-state index in [0.717, 1.165) is 32.4 Å². The number of benzene rings is 2. The van der Waals surface area contributed by atoms with Crippen molar-refractivity contribution in [3.05, 3.63) is 63.6 Å². The van der Waals surface area contributed by atoms with E-state index in [-0.39, 0.29) is 0 Å². The predicted molar refractivity (Wildman–Crippen MR) is 130 cm³/mol. The van der Waals surface area contributed by atoms with Crippen LogP contribution in [0.1, 0.15) is 11.3 Å². The largest absolute Gasteiger partial charge is 0.497 e. The molecule has 0 radical (unpaired) electrons. The zero-order valence-electron chi connectivity index (χ0n) is 17.8. The van der Waals surface area contributed by atoms with Gasteiger partial charge in [-0.3, -0.25) is 0 Å². The monoisotopic (exact) mass is 537 g/mol. The molecule has 3 aromatic rings. The van der Waals surface area contributed by atoms with Gasteiger partial charge in [-0.15, -0.1) is 11.3 Å². The quantitative estimate of drug-likeness (QED) is 0.453. The van der Waals surface area contributed by atoms with Gasteiger partial charge in [-0.25, -0.2) is 13.4 Å². The first-order valence-electron chi connectivity index (χ1n) is 10.1. The van der Waals surface area contributed by atoms with Crippen LogP contribution >= 0.6 is 27.3 Å². The van der Waals surface area contributed by atoms with Gasteiger partial charge in [0, 0.05) is 48.0 Å². The van der Waals surface area contributed by atoms with Gasteiger partial charge >= 0.3 is 0 Å². The molecule has 32 heavy (non-hydrogen) atoms. The van der Waals surface area contributed by atoms with Crippen molar-refractivity contribution < 1.29 is 17.9 Å². The number of anilines is 1. The Morgan fingerprint density at radius 1 is 1.03 bits per heavy atom. The molecule has 7 nitrogen and oxygen atoms in total. The molecule has 0 bridgehead atoms. The molecule has 1 aliphatic heterocycles. The normalized spacial score (nSPS) is 15.0. The molecular weight excluding hydrogens is 514 g/mol. The third-order valence-electron chi connectivity index (χ3n) is 5.36. The van der Waals surface area contributed by atoms with Crippen LogP contribution in [0.4, 0.5) is 5.13 Å².